The van der Waals surface area contributed by atoms with Crippen LogP contribution in [0.2, 0.25) is 0 Å². The van der Waals surface area contributed by atoms with Gasteiger partial charge in [-0.1, -0.05) is 0 Å². The molecule has 0 bridgehead atoms. The Morgan fingerprint density at radius 3 is 2.60 bits per heavy atom. The predicted molar refractivity (Wildman–Crippen MR) is 98.7 cm³/mol. The van der Waals surface area contributed by atoms with Gasteiger partial charge in [0.2, 0.25) is 0 Å². The van der Waals surface area contributed by atoms with Crippen LogP contribution in [0.25, 0.3) is 0 Å². The van der Waals surface area contributed by atoms with E-state index in [9.17, 15) is 4.79 Å². The Labute approximate surface area is 148 Å². The first-order valence-corrected chi connectivity index (χ1v) is 8.64. The molecule has 0 aliphatic carbocycles. The third kappa shape index (κ3) is 5.19. The Bertz CT molecular complexity index is 670. The van der Waals surface area contributed by atoms with Gasteiger partial charge < -0.3 is 20.7 Å². The second-order valence-electron chi connectivity index (χ2n) is 6.19. The molecule has 25 heavy (non-hydrogen) atoms. The summed E-state index contributed by atoms with van der Waals surface area (Å²) in [6.07, 6.45) is 5.80. The third-order valence-electron chi connectivity index (χ3n) is 4.25. The fraction of sp³-hybridized carbons (Fsp3) is 0.368. The highest BCUT2D eigenvalue weighted by Gasteiger charge is 2.16. The van der Waals surface area contributed by atoms with Crippen molar-refractivity contribution < 1.29 is 9.53 Å². The van der Waals surface area contributed by atoms with Crippen molar-refractivity contribution in [3.63, 3.8) is 0 Å². The number of carbonyl (C=O) groups is 1. The molecule has 0 unspecified atom stereocenters. The van der Waals surface area contributed by atoms with E-state index in [4.69, 9.17) is 4.74 Å². The van der Waals surface area contributed by atoms with E-state index in [0.29, 0.717) is 6.54 Å². The van der Waals surface area contributed by atoms with Crippen LogP contribution in [0, 0.1) is 0 Å². The molecular formula is C19H24N4O2. The molecule has 0 spiro atoms. The number of nitrogens with one attached hydrogen (secondary N) is 3. The van der Waals surface area contributed by atoms with E-state index in [1.165, 1.54) is 5.56 Å². The van der Waals surface area contributed by atoms with E-state index in [-0.39, 0.29) is 18.2 Å². The molecule has 132 valence electrons. The van der Waals surface area contributed by atoms with E-state index < -0.39 is 0 Å². The average Bonchev–Trinajstić information content (AvgIpc) is 3.16. The molecule has 2 heterocycles. The lowest BCUT2D eigenvalue weighted by atomic mass is 10.1. The molecular weight excluding hydrogens is 316 g/mol. The van der Waals surface area contributed by atoms with Crippen molar-refractivity contribution in [3.8, 4) is 0 Å². The highest BCUT2D eigenvalue weighted by Crippen LogP contribution is 2.20. The molecule has 6 heteroatoms. The zero-order valence-electron chi connectivity index (χ0n) is 14.4. The average molecular weight is 340 g/mol. The van der Waals surface area contributed by atoms with Crippen molar-refractivity contribution in [3.05, 3.63) is 54.4 Å². The second kappa shape index (κ2) is 8.48. The molecule has 3 N–H and O–H groups in total. The minimum Gasteiger partial charge on any atom is -0.379 e. The first-order valence-electron chi connectivity index (χ1n) is 8.64. The molecule has 6 nitrogen and oxygen atoms in total. The summed E-state index contributed by atoms with van der Waals surface area (Å²) in [5.41, 5.74) is 2.92. The molecule has 1 aliphatic rings. The molecule has 3 rings (SSSR count). The molecule has 1 aromatic heterocycles. The largest absolute Gasteiger partial charge is 0.379 e. The van der Waals surface area contributed by atoms with E-state index in [1.54, 1.807) is 12.4 Å². The number of hydrogen-bond acceptors (Lipinski definition) is 4. The Morgan fingerprint density at radius 1 is 1.20 bits per heavy atom. The number of benzene rings is 1. The van der Waals surface area contributed by atoms with Crippen LogP contribution >= 0.6 is 0 Å². The minimum atomic E-state index is -0.207. The van der Waals surface area contributed by atoms with Crippen molar-refractivity contribution >= 4 is 17.4 Å². The van der Waals surface area contributed by atoms with Gasteiger partial charge in [-0.05, 0) is 61.7 Å². The van der Waals surface area contributed by atoms with Gasteiger partial charge in [0.15, 0.2) is 0 Å². The van der Waals surface area contributed by atoms with Crippen LogP contribution in [-0.4, -0.2) is 30.3 Å². The number of hydrogen-bond donors (Lipinski definition) is 3. The zero-order chi connectivity index (χ0) is 17.5. The van der Waals surface area contributed by atoms with Gasteiger partial charge in [0, 0.05) is 43.0 Å². The standard InChI is InChI=1S/C19H24N4O2/c1-14(15-8-10-20-11-9-15)22-16-4-6-17(7-5-16)23-19(24)21-13-18-3-2-12-25-18/h4-11,14,18,22H,2-3,12-13H2,1H3,(H2,21,23,24)/t14-,18-/m0/s1. The molecule has 1 aliphatic heterocycles. The predicted octanol–water partition coefficient (Wildman–Crippen LogP) is 3.56. The smallest absolute Gasteiger partial charge is 0.319 e. The van der Waals surface area contributed by atoms with Gasteiger partial charge in [-0.25, -0.2) is 4.79 Å². The summed E-state index contributed by atoms with van der Waals surface area (Å²) in [6, 6.07) is 11.6. The SMILES string of the molecule is C[C@H](Nc1ccc(NC(=O)NC[C@@H]2CCCO2)cc1)c1ccncc1. The van der Waals surface area contributed by atoms with Crippen LogP contribution in [0.1, 0.15) is 31.4 Å². The molecule has 0 saturated carbocycles. The number of rotatable bonds is 6. The van der Waals surface area contributed by atoms with Crippen molar-refractivity contribution in [1.29, 1.82) is 0 Å². The van der Waals surface area contributed by atoms with Gasteiger partial charge >= 0.3 is 6.03 Å². The fourth-order valence-electron chi connectivity index (χ4n) is 2.82. The number of urea groups is 1. The number of pyridine rings is 1. The van der Waals surface area contributed by atoms with Crippen molar-refractivity contribution in [2.24, 2.45) is 0 Å². The van der Waals surface area contributed by atoms with Crippen LogP contribution in [0.4, 0.5) is 16.2 Å². The third-order valence-corrected chi connectivity index (χ3v) is 4.25. The van der Waals surface area contributed by atoms with Crippen molar-refractivity contribution in [1.82, 2.24) is 10.3 Å². The summed E-state index contributed by atoms with van der Waals surface area (Å²) in [5, 5.41) is 9.11. The van der Waals surface area contributed by atoms with Gasteiger partial charge in [-0.3, -0.25) is 4.98 Å². The molecule has 2 aromatic rings. The maximum atomic E-state index is 11.9. The van der Waals surface area contributed by atoms with Gasteiger partial charge in [-0.15, -0.1) is 0 Å². The zero-order valence-corrected chi connectivity index (χ0v) is 14.4. The number of carbonyl (C=O) groups excluding carboxylic acids is 1. The maximum absolute atomic E-state index is 11.9. The molecule has 2 amide bonds. The monoisotopic (exact) mass is 340 g/mol. The molecule has 2 atom stereocenters. The molecule has 0 radical (unpaired) electrons. The fourth-order valence-corrected chi connectivity index (χ4v) is 2.82. The normalized spacial score (nSPS) is 17.7. The van der Waals surface area contributed by atoms with E-state index in [2.05, 4.69) is 27.9 Å². The second-order valence-corrected chi connectivity index (χ2v) is 6.19. The summed E-state index contributed by atoms with van der Waals surface area (Å²) in [7, 11) is 0. The van der Waals surface area contributed by atoms with Crippen LogP contribution in [-0.2, 0) is 4.74 Å². The van der Waals surface area contributed by atoms with E-state index >= 15 is 0 Å². The topological polar surface area (TPSA) is 75.3 Å². The summed E-state index contributed by atoms with van der Waals surface area (Å²) in [4.78, 5) is 15.9. The van der Waals surface area contributed by atoms with E-state index in [0.717, 1.165) is 30.8 Å². The number of aromatic nitrogens is 1. The first kappa shape index (κ1) is 17.2. The van der Waals surface area contributed by atoms with Crippen LogP contribution in [0.5, 0.6) is 0 Å². The summed E-state index contributed by atoms with van der Waals surface area (Å²) < 4.78 is 5.49. The van der Waals surface area contributed by atoms with Crippen LogP contribution in [0.15, 0.2) is 48.8 Å². The molecule has 1 aromatic carbocycles. The van der Waals surface area contributed by atoms with Gasteiger partial charge in [0.05, 0.1) is 6.10 Å². The summed E-state index contributed by atoms with van der Waals surface area (Å²) >= 11 is 0. The Kier molecular flexibility index (Phi) is 5.85. The number of nitrogens with zero attached hydrogens (tertiary/aromatic N) is 1. The molecule has 1 fully saturated rings. The van der Waals surface area contributed by atoms with Crippen LogP contribution in [0.3, 0.4) is 0 Å². The first-order chi connectivity index (χ1) is 12.2. The minimum absolute atomic E-state index is 0.145. The lowest BCUT2D eigenvalue weighted by Crippen LogP contribution is -2.35. The number of anilines is 2. The lowest BCUT2D eigenvalue weighted by molar-refractivity contribution is 0.112. The summed E-state index contributed by atoms with van der Waals surface area (Å²) in [6.45, 7) is 3.44. The Morgan fingerprint density at radius 2 is 1.92 bits per heavy atom. The van der Waals surface area contributed by atoms with Gasteiger partial charge in [0.1, 0.15) is 0 Å². The van der Waals surface area contributed by atoms with Crippen molar-refractivity contribution in [2.45, 2.75) is 31.9 Å². The van der Waals surface area contributed by atoms with Crippen LogP contribution < -0.4 is 16.0 Å². The maximum Gasteiger partial charge on any atom is 0.319 e. The Hall–Kier alpha value is -2.60. The van der Waals surface area contributed by atoms with Crippen molar-refractivity contribution in [2.75, 3.05) is 23.8 Å². The van der Waals surface area contributed by atoms with Gasteiger partial charge in [0.25, 0.3) is 0 Å². The Balaban J connectivity index is 1.47. The highest BCUT2D eigenvalue weighted by atomic mass is 16.5. The molecule has 1 saturated heterocycles. The van der Waals surface area contributed by atoms with E-state index in [1.807, 2.05) is 36.4 Å². The van der Waals surface area contributed by atoms with Gasteiger partial charge in [-0.2, -0.15) is 0 Å². The quantitative estimate of drug-likeness (QED) is 0.752. The highest BCUT2D eigenvalue weighted by molar-refractivity contribution is 5.89. The number of amides is 2. The lowest BCUT2D eigenvalue weighted by Gasteiger charge is -2.16. The number of ether oxygens (including phenoxy) is 1. The summed E-state index contributed by atoms with van der Waals surface area (Å²) in [5.74, 6) is 0.